The molecule has 2 heteroatoms. The van der Waals surface area contributed by atoms with E-state index in [9.17, 15) is 4.79 Å². The first-order chi connectivity index (χ1) is 7.69. The Morgan fingerprint density at radius 3 is 2.44 bits per heavy atom. The zero-order chi connectivity index (χ0) is 12.0. The Labute approximate surface area is 97.9 Å². The smallest absolute Gasteiger partial charge is 0.162 e. The van der Waals surface area contributed by atoms with Crippen LogP contribution in [0, 0.1) is 0 Å². The van der Waals surface area contributed by atoms with Gasteiger partial charge in [-0.15, -0.1) is 0 Å². The summed E-state index contributed by atoms with van der Waals surface area (Å²) in [5.74, 6) is 0.759. The summed E-state index contributed by atoms with van der Waals surface area (Å²) in [6, 6.07) is 7.98. The molecule has 1 atom stereocenters. The van der Waals surface area contributed by atoms with E-state index in [0.717, 1.165) is 18.4 Å². The van der Waals surface area contributed by atoms with Gasteiger partial charge in [0.2, 0.25) is 0 Å². The Balaban J connectivity index is 2.67. The molecule has 1 aromatic carbocycles. The van der Waals surface area contributed by atoms with Crippen LogP contribution in [0.1, 0.15) is 54.9 Å². The van der Waals surface area contributed by atoms with E-state index in [0.29, 0.717) is 18.9 Å². The molecule has 1 aromatic rings. The number of rotatable bonds is 6. The van der Waals surface area contributed by atoms with Crippen molar-refractivity contribution in [2.75, 3.05) is 6.54 Å². The second kappa shape index (κ2) is 6.44. The van der Waals surface area contributed by atoms with Gasteiger partial charge in [0.05, 0.1) is 0 Å². The number of ketones is 1. The summed E-state index contributed by atoms with van der Waals surface area (Å²) in [7, 11) is 0. The molecule has 0 radical (unpaired) electrons. The van der Waals surface area contributed by atoms with Crippen molar-refractivity contribution in [2.24, 2.45) is 5.73 Å². The molecule has 0 aromatic heterocycles. The first-order valence-corrected chi connectivity index (χ1v) is 6.02. The number of hydrogen-bond donors (Lipinski definition) is 1. The van der Waals surface area contributed by atoms with Crippen LogP contribution in [0.3, 0.4) is 0 Å². The summed E-state index contributed by atoms with van der Waals surface area (Å²) < 4.78 is 0. The summed E-state index contributed by atoms with van der Waals surface area (Å²) in [4.78, 5) is 11.7. The minimum Gasteiger partial charge on any atom is -0.330 e. The van der Waals surface area contributed by atoms with Crippen molar-refractivity contribution in [3.63, 3.8) is 0 Å². The van der Waals surface area contributed by atoms with Crippen molar-refractivity contribution in [1.82, 2.24) is 0 Å². The fourth-order valence-corrected chi connectivity index (χ4v) is 1.64. The van der Waals surface area contributed by atoms with E-state index in [-0.39, 0.29) is 5.78 Å². The third-order valence-electron chi connectivity index (χ3n) is 3.02. The topological polar surface area (TPSA) is 43.1 Å². The van der Waals surface area contributed by atoms with Gasteiger partial charge in [-0.05, 0) is 30.9 Å². The van der Waals surface area contributed by atoms with Crippen molar-refractivity contribution in [3.8, 4) is 0 Å². The van der Waals surface area contributed by atoms with Gasteiger partial charge in [0.1, 0.15) is 0 Å². The lowest BCUT2D eigenvalue weighted by Crippen LogP contribution is -2.05. The van der Waals surface area contributed by atoms with Gasteiger partial charge in [0, 0.05) is 12.0 Å². The third kappa shape index (κ3) is 3.46. The van der Waals surface area contributed by atoms with E-state index in [1.165, 1.54) is 5.56 Å². The van der Waals surface area contributed by atoms with Crippen LogP contribution in [-0.2, 0) is 0 Å². The van der Waals surface area contributed by atoms with Gasteiger partial charge in [0.15, 0.2) is 5.78 Å². The second-order valence-electron chi connectivity index (χ2n) is 4.25. The van der Waals surface area contributed by atoms with Crippen LogP contribution in [0.25, 0.3) is 0 Å². The lowest BCUT2D eigenvalue weighted by atomic mass is 9.96. The zero-order valence-corrected chi connectivity index (χ0v) is 10.2. The molecule has 88 valence electrons. The highest BCUT2D eigenvalue weighted by Gasteiger charge is 2.07. The summed E-state index contributed by atoms with van der Waals surface area (Å²) in [6.45, 7) is 4.95. The highest BCUT2D eigenvalue weighted by atomic mass is 16.1. The molecule has 0 aliphatic carbocycles. The normalized spacial score (nSPS) is 12.4. The maximum Gasteiger partial charge on any atom is 0.162 e. The Morgan fingerprint density at radius 2 is 1.94 bits per heavy atom. The third-order valence-corrected chi connectivity index (χ3v) is 3.02. The van der Waals surface area contributed by atoms with Gasteiger partial charge < -0.3 is 5.73 Å². The van der Waals surface area contributed by atoms with E-state index < -0.39 is 0 Å². The summed E-state index contributed by atoms with van der Waals surface area (Å²) in [5, 5.41) is 0. The van der Waals surface area contributed by atoms with Crippen LogP contribution >= 0.6 is 0 Å². The molecule has 0 spiro atoms. The average Bonchev–Trinajstić information content (AvgIpc) is 2.35. The number of benzene rings is 1. The Bertz CT molecular complexity index is 329. The van der Waals surface area contributed by atoms with Gasteiger partial charge in [-0.1, -0.05) is 38.1 Å². The van der Waals surface area contributed by atoms with E-state index in [2.05, 4.69) is 26.0 Å². The lowest BCUT2D eigenvalue weighted by molar-refractivity contribution is 0.0981. The first-order valence-electron chi connectivity index (χ1n) is 6.02. The lowest BCUT2D eigenvalue weighted by Gasteiger charge is -2.09. The maximum absolute atomic E-state index is 11.7. The minimum absolute atomic E-state index is 0.196. The Kier molecular flexibility index (Phi) is 5.20. The van der Waals surface area contributed by atoms with Gasteiger partial charge in [0.25, 0.3) is 0 Å². The van der Waals surface area contributed by atoms with Crippen LogP contribution in [0.4, 0.5) is 0 Å². The first kappa shape index (κ1) is 12.9. The summed E-state index contributed by atoms with van der Waals surface area (Å²) >= 11 is 0. The molecule has 0 bridgehead atoms. The molecule has 0 heterocycles. The molecule has 1 unspecified atom stereocenters. The number of carbonyl (C=O) groups is 1. The molecular weight excluding hydrogens is 198 g/mol. The van der Waals surface area contributed by atoms with Gasteiger partial charge >= 0.3 is 0 Å². The molecule has 1 rings (SSSR count). The van der Waals surface area contributed by atoms with Crippen LogP contribution in [0.2, 0.25) is 0 Å². The quantitative estimate of drug-likeness (QED) is 0.747. The van der Waals surface area contributed by atoms with Crippen molar-refractivity contribution < 1.29 is 4.79 Å². The molecule has 0 fully saturated rings. The largest absolute Gasteiger partial charge is 0.330 e. The highest BCUT2D eigenvalue weighted by molar-refractivity contribution is 5.96. The van der Waals surface area contributed by atoms with Crippen molar-refractivity contribution in [1.29, 1.82) is 0 Å². The van der Waals surface area contributed by atoms with Crippen molar-refractivity contribution >= 4 is 5.78 Å². The number of nitrogens with two attached hydrogens (primary N) is 1. The van der Waals surface area contributed by atoms with Crippen molar-refractivity contribution in [2.45, 2.75) is 39.0 Å². The second-order valence-corrected chi connectivity index (χ2v) is 4.25. The predicted molar refractivity (Wildman–Crippen MR) is 67.8 cm³/mol. The molecule has 0 aliphatic heterocycles. The molecule has 0 aliphatic rings. The van der Waals surface area contributed by atoms with Crippen LogP contribution in [0.15, 0.2) is 24.3 Å². The van der Waals surface area contributed by atoms with Gasteiger partial charge in [-0.3, -0.25) is 4.79 Å². The summed E-state index contributed by atoms with van der Waals surface area (Å²) in [6.07, 6.45) is 2.45. The van der Waals surface area contributed by atoms with E-state index in [1.807, 2.05) is 12.1 Å². The fourth-order valence-electron chi connectivity index (χ4n) is 1.64. The predicted octanol–water partition coefficient (Wildman–Crippen LogP) is 3.12. The molecule has 2 N–H and O–H groups in total. The number of carbonyl (C=O) groups excluding carboxylic acids is 1. The fraction of sp³-hybridized carbons (Fsp3) is 0.500. The van der Waals surface area contributed by atoms with Gasteiger partial charge in [-0.25, -0.2) is 0 Å². The molecule has 2 nitrogen and oxygen atoms in total. The van der Waals surface area contributed by atoms with Crippen LogP contribution < -0.4 is 5.73 Å². The number of Topliss-reactive ketones (excluding diaryl/α,β-unsaturated/α-hetero) is 1. The monoisotopic (exact) mass is 219 g/mol. The molecule has 0 saturated heterocycles. The standard InChI is InChI=1S/C14H21NO/c1-3-11(2)12-6-8-13(9-7-12)14(16)5-4-10-15/h6-9,11H,3-5,10,15H2,1-2H3. The SMILES string of the molecule is CCC(C)c1ccc(C(=O)CCCN)cc1. The number of hydrogen-bond acceptors (Lipinski definition) is 2. The average molecular weight is 219 g/mol. The van der Waals surface area contributed by atoms with E-state index >= 15 is 0 Å². The van der Waals surface area contributed by atoms with E-state index in [1.54, 1.807) is 0 Å². The molecular formula is C14H21NO. The minimum atomic E-state index is 0.196. The zero-order valence-electron chi connectivity index (χ0n) is 10.2. The Morgan fingerprint density at radius 1 is 1.31 bits per heavy atom. The molecule has 16 heavy (non-hydrogen) atoms. The van der Waals surface area contributed by atoms with Crippen LogP contribution in [0.5, 0.6) is 0 Å². The molecule has 0 saturated carbocycles. The molecule has 0 amide bonds. The summed E-state index contributed by atoms with van der Waals surface area (Å²) in [5.41, 5.74) is 7.49. The van der Waals surface area contributed by atoms with Crippen LogP contribution in [-0.4, -0.2) is 12.3 Å². The Hall–Kier alpha value is -1.15. The van der Waals surface area contributed by atoms with Crippen molar-refractivity contribution in [3.05, 3.63) is 35.4 Å². The van der Waals surface area contributed by atoms with Gasteiger partial charge in [-0.2, -0.15) is 0 Å². The highest BCUT2D eigenvalue weighted by Crippen LogP contribution is 2.19. The van der Waals surface area contributed by atoms with E-state index in [4.69, 9.17) is 5.73 Å². The maximum atomic E-state index is 11.7.